The fraction of sp³-hybridized carbons (Fsp3) is 0.353. The molecule has 0 spiro atoms. The Bertz CT molecular complexity index is 785. The summed E-state index contributed by atoms with van der Waals surface area (Å²) in [6.07, 6.45) is -0.598. The summed E-state index contributed by atoms with van der Waals surface area (Å²) in [5.41, 5.74) is 1.90. The van der Waals surface area contributed by atoms with E-state index in [2.05, 4.69) is 10.3 Å². The van der Waals surface area contributed by atoms with Crippen molar-refractivity contribution in [3.05, 3.63) is 46.0 Å². The Balaban J connectivity index is 1.75. The van der Waals surface area contributed by atoms with Gasteiger partial charge in [-0.25, -0.2) is 14.6 Å². The molecule has 1 aliphatic heterocycles. The lowest BCUT2D eigenvalue weighted by Crippen LogP contribution is -2.10. The van der Waals surface area contributed by atoms with Crippen LogP contribution in [0.3, 0.4) is 0 Å². The van der Waals surface area contributed by atoms with Crippen molar-refractivity contribution in [2.75, 3.05) is 11.9 Å². The molecule has 7 heteroatoms. The molecule has 1 atom stereocenters. The van der Waals surface area contributed by atoms with E-state index in [-0.39, 0.29) is 17.9 Å². The lowest BCUT2D eigenvalue weighted by atomic mass is 10.1. The van der Waals surface area contributed by atoms with Gasteiger partial charge in [-0.2, -0.15) is 0 Å². The number of ether oxygens (including phenoxy) is 2. The van der Waals surface area contributed by atoms with E-state index in [0.29, 0.717) is 27.9 Å². The largest absolute Gasteiger partial charge is 0.461 e. The van der Waals surface area contributed by atoms with Crippen LogP contribution in [0.25, 0.3) is 0 Å². The lowest BCUT2D eigenvalue weighted by Gasteiger charge is -2.11. The number of aryl methyl sites for hydroxylation is 1. The maximum absolute atomic E-state index is 12.1. The normalized spacial score (nSPS) is 16.0. The van der Waals surface area contributed by atoms with Gasteiger partial charge in [0.25, 0.3) is 0 Å². The molecular weight excluding hydrogens is 328 g/mol. The molecule has 0 aliphatic carbocycles. The third-order valence-electron chi connectivity index (χ3n) is 3.47. The smallest absolute Gasteiger partial charge is 0.350 e. The number of carbonyl (C=O) groups excluding carboxylic acids is 2. The highest BCUT2D eigenvalue weighted by molar-refractivity contribution is 7.17. The van der Waals surface area contributed by atoms with Crippen molar-refractivity contribution in [2.45, 2.75) is 27.0 Å². The number of esters is 2. The molecule has 1 N–H and O–H groups in total. The summed E-state index contributed by atoms with van der Waals surface area (Å²) >= 11 is 1.19. The molecule has 6 nitrogen and oxygen atoms in total. The van der Waals surface area contributed by atoms with Crippen LogP contribution in [0.2, 0.25) is 0 Å². The highest BCUT2D eigenvalue weighted by atomic mass is 32.1. The molecule has 0 amide bonds. The molecule has 0 saturated heterocycles. The van der Waals surface area contributed by atoms with Gasteiger partial charge in [-0.15, -0.1) is 0 Å². The van der Waals surface area contributed by atoms with E-state index in [1.54, 1.807) is 19.1 Å². The van der Waals surface area contributed by atoms with E-state index in [0.717, 1.165) is 5.56 Å². The van der Waals surface area contributed by atoms with Gasteiger partial charge in [-0.05, 0) is 18.9 Å². The molecule has 0 radical (unpaired) electrons. The van der Waals surface area contributed by atoms with Gasteiger partial charge >= 0.3 is 11.9 Å². The number of carbonyl (C=O) groups is 2. The first-order valence-electron chi connectivity index (χ1n) is 7.66. The summed E-state index contributed by atoms with van der Waals surface area (Å²) in [6, 6.07) is 7.19. The molecule has 1 unspecified atom stereocenters. The van der Waals surface area contributed by atoms with E-state index in [4.69, 9.17) is 9.47 Å². The lowest BCUT2D eigenvalue weighted by molar-refractivity contribution is 0.0434. The number of rotatable bonds is 5. The molecule has 0 saturated carbocycles. The zero-order valence-corrected chi connectivity index (χ0v) is 14.5. The average Bonchev–Trinajstić information content (AvgIpc) is 3.06. The fourth-order valence-electron chi connectivity index (χ4n) is 2.32. The van der Waals surface area contributed by atoms with Crippen LogP contribution >= 0.6 is 11.3 Å². The topological polar surface area (TPSA) is 77.5 Å². The number of aromatic nitrogens is 1. The number of hydrogen-bond acceptors (Lipinski definition) is 7. The van der Waals surface area contributed by atoms with Gasteiger partial charge in [-0.1, -0.05) is 43.4 Å². The van der Waals surface area contributed by atoms with Crippen LogP contribution in [0.5, 0.6) is 0 Å². The molecule has 2 aromatic rings. The van der Waals surface area contributed by atoms with Crippen LogP contribution in [-0.2, 0) is 9.47 Å². The summed E-state index contributed by atoms with van der Waals surface area (Å²) < 4.78 is 10.6. The van der Waals surface area contributed by atoms with E-state index >= 15 is 0 Å². The number of anilines is 1. The van der Waals surface area contributed by atoms with Crippen molar-refractivity contribution in [3.63, 3.8) is 0 Å². The number of thiazole rings is 1. The first-order chi connectivity index (χ1) is 11.5. The third kappa shape index (κ3) is 3.26. The van der Waals surface area contributed by atoms with Gasteiger partial charge in [0.1, 0.15) is 4.88 Å². The zero-order chi connectivity index (χ0) is 17.3. The predicted octanol–water partition coefficient (Wildman–Crippen LogP) is 3.55. The Morgan fingerprint density at radius 2 is 2.17 bits per heavy atom. The Labute approximate surface area is 143 Å². The van der Waals surface area contributed by atoms with Crippen LogP contribution in [0.4, 0.5) is 5.13 Å². The van der Waals surface area contributed by atoms with Crippen molar-refractivity contribution >= 4 is 28.4 Å². The second-order valence-electron chi connectivity index (χ2n) is 5.94. The maximum Gasteiger partial charge on any atom is 0.350 e. The van der Waals surface area contributed by atoms with E-state index in [9.17, 15) is 9.59 Å². The van der Waals surface area contributed by atoms with Gasteiger partial charge in [0.2, 0.25) is 6.23 Å². The Morgan fingerprint density at radius 3 is 2.92 bits per heavy atom. The monoisotopic (exact) mass is 346 g/mol. The van der Waals surface area contributed by atoms with Crippen LogP contribution in [0.15, 0.2) is 24.3 Å². The van der Waals surface area contributed by atoms with Crippen molar-refractivity contribution in [3.8, 4) is 0 Å². The van der Waals surface area contributed by atoms with Crippen molar-refractivity contribution in [1.82, 2.24) is 4.98 Å². The molecule has 3 rings (SSSR count). The number of hydrogen-bond donors (Lipinski definition) is 1. The summed E-state index contributed by atoms with van der Waals surface area (Å²) in [5.74, 6) is -0.474. The predicted molar refractivity (Wildman–Crippen MR) is 90.2 cm³/mol. The van der Waals surface area contributed by atoms with Gasteiger partial charge in [0.05, 0.1) is 17.9 Å². The summed E-state index contributed by atoms with van der Waals surface area (Å²) in [4.78, 5) is 28.7. The van der Waals surface area contributed by atoms with Crippen LogP contribution in [0, 0.1) is 12.8 Å². The number of fused-ring (bicyclic) bond motifs is 1. The summed E-state index contributed by atoms with van der Waals surface area (Å²) in [7, 11) is 0. The number of nitrogens with zero attached hydrogens (tertiary/aromatic N) is 1. The summed E-state index contributed by atoms with van der Waals surface area (Å²) in [5, 5.41) is 3.58. The quantitative estimate of drug-likeness (QED) is 0.834. The zero-order valence-electron chi connectivity index (χ0n) is 13.7. The Morgan fingerprint density at radius 1 is 1.42 bits per heavy atom. The molecular formula is C17H18N2O4S. The number of benzene rings is 1. The highest BCUT2D eigenvalue weighted by Crippen LogP contribution is 2.33. The molecule has 1 aromatic carbocycles. The number of nitrogens with one attached hydrogen (secondary N) is 1. The summed E-state index contributed by atoms with van der Waals surface area (Å²) in [6.45, 7) is 6.08. The van der Waals surface area contributed by atoms with E-state index < -0.39 is 6.23 Å². The van der Waals surface area contributed by atoms with Crippen LogP contribution in [-0.4, -0.2) is 23.5 Å². The Hall–Kier alpha value is -2.41. The molecule has 1 aromatic heterocycles. The minimum atomic E-state index is -0.598. The van der Waals surface area contributed by atoms with Crippen molar-refractivity contribution in [2.24, 2.45) is 5.92 Å². The number of cyclic esters (lactones) is 1. The van der Waals surface area contributed by atoms with Gasteiger partial charge in [0.15, 0.2) is 5.13 Å². The van der Waals surface area contributed by atoms with E-state index in [1.807, 2.05) is 26.0 Å². The molecule has 0 fully saturated rings. The molecule has 0 bridgehead atoms. The van der Waals surface area contributed by atoms with Gasteiger partial charge < -0.3 is 14.8 Å². The van der Waals surface area contributed by atoms with Gasteiger partial charge in [0, 0.05) is 5.56 Å². The standard InChI is InChI=1S/C17H18N2O4S/c1-9(2)8-22-16(21)13-10(3)18-17(24-13)19-14-11-6-4-5-7-12(11)15(20)23-14/h4-7,9,14H,8H2,1-3H3,(H,18,19). The first kappa shape index (κ1) is 16.4. The molecule has 126 valence electrons. The molecule has 24 heavy (non-hydrogen) atoms. The second kappa shape index (κ2) is 6.60. The third-order valence-corrected chi connectivity index (χ3v) is 4.54. The minimum Gasteiger partial charge on any atom is -0.461 e. The SMILES string of the molecule is Cc1nc(NC2OC(=O)c3ccccc32)sc1C(=O)OCC(C)C. The highest BCUT2D eigenvalue weighted by Gasteiger charge is 2.31. The minimum absolute atomic E-state index is 0.272. The maximum atomic E-state index is 12.1. The second-order valence-corrected chi connectivity index (χ2v) is 6.94. The van der Waals surface area contributed by atoms with Gasteiger partial charge in [-0.3, -0.25) is 0 Å². The van der Waals surface area contributed by atoms with E-state index in [1.165, 1.54) is 11.3 Å². The fourth-order valence-corrected chi connectivity index (χ4v) is 3.20. The van der Waals surface area contributed by atoms with Crippen LogP contribution < -0.4 is 5.32 Å². The van der Waals surface area contributed by atoms with Crippen molar-refractivity contribution in [1.29, 1.82) is 0 Å². The Kier molecular flexibility index (Phi) is 4.53. The van der Waals surface area contributed by atoms with Crippen LogP contribution in [0.1, 0.15) is 51.4 Å². The first-order valence-corrected chi connectivity index (χ1v) is 8.48. The molecule has 2 heterocycles. The average molecular weight is 346 g/mol. The van der Waals surface area contributed by atoms with Crippen molar-refractivity contribution < 1.29 is 19.1 Å². The molecule has 1 aliphatic rings.